The number of allylic oxidation sites excluding steroid dienone is 2. The molecular weight excluding hydrogens is 585 g/mol. The maximum absolute atomic E-state index is 14.0. The van der Waals surface area contributed by atoms with E-state index < -0.39 is 71.8 Å². The highest BCUT2D eigenvalue weighted by molar-refractivity contribution is 5.96. The molecule has 2 heterocycles. The third kappa shape index (κ3) is 5.94. The Morgan fingerprint density at radius 3 is 2.35 bits per heavy atom. The summed E-state index contributed by atoms with van der Waals surface area (Å²) < 4.78 is 72.4. The van der Waals surface area contributed by atoms with Crippen molar-refractivity contribution in [2.75, 3.05) is 13.1 Å². The van der Waals surface area contributed by atoms with Crippen LogP contribution in [-0.2, 0) is 28.7 Å². The van der Waals surface area contributed by atoms with Crippen molar-refractivity contribution in [2.45, 2.75) is 81.5 Å². The van der Waals surface area contributed by atoms with Gasteiger partial charge in [0.1, 0.15) is 18.1 Å². The molecule has 238 valence electrons. The van der Waals surface area contributed by atoms with Crippen LogP contribution in [0.1, 0.15) is 39.0 Å². The van der Waals surface area contributed by atoms with Crippen molar-refractivity contribution in [2.24, 2.45) is 35.3 Å². The molecule has 9 atom stereocenters. The van der Waals surface area contributed by atoms with Gasteiger partial charge in [-0.2, -0.15) is 22.0 Å². The van der Waals surface area contributed by atoms with E-state index in [-0.39, 0.29) is 42.7 Å². The first-order chi connectivity index (χ1) is 20.1. The molecule has 0 unspecified atom stereocenters. The van der Waals surface area contributed by atoms with Crippen molar-refractivity contribution in [3.05, 3.63) is 12.2 Å². The van der Waals surface area contributed by atoms with E-state index in [1.54, 1.807) is 5.32 Å². The van der Waals surface area contributed by atoms with Crippen molar-refractivity contribution < 1.29 is 50.7 Å². The topological polar surface area (TPSA) is 160 Å². The Morgan fingerprint density at radius 1 is 1.09 bits per heavy atom. The van der Waals surface area contributed by atoms with Gasteiger partial charge in [-0.25, -0.2) is 0 Å². The molecule has 2 saturated heterocycles. The lowest BCUT2D eigenvalue weighted by Gasteiger charge is -2.35. The minimum Gasteiger partial charge on any atom is -0.373 e. The Hall–Kier alpha value is -3.30. The number of nitrogens with two attached hydrogens (primary N) is 1. The van der Waals surface area contributed by atoms with Gasteiger partial charge in [0.05, 0.1) is 12.2 Å². The molecule has 0 radical (unpaired) electrons. The summed E-state index contributed by atoms with van der Waals surface area (Å²) in [5.74, 6) is -12.9. The molecule has 5 rings (SSSR count). The van der Waals surface area contributed by atoms with Gasteiger partial charge in [0.2, 0.25) is 23.6 Å². The number of hydrogen-bond donors (Lipinski definition) is 4. The molecule has 5 aliphatic rings. The van der Waals surface area contributed by atoms with Crippen LogP contribution in [0.3, 0.4) is 0 Å². The summed E-state index contributed by atoms with van der Waals surface area (Å²) in [6.07, 6.45) is -1.76. The van der Waals surface area contributed by atoms with Crippen molar-refractivity contribution in [3.63, 3.8) is 0 Å². The summed E-state index contributed by atoms with van der Waals surface area (Å²) in [5, 5.41) is 6.75. The van der Waals surface area contributed by atoms with Crippen LogP contribution in [0.5, 0.6) is 0 Å². The number of primary amides is 1. The molecule has 16 heteroatoms. The second kappa shape index (κ2) is 11.3. The number of nitrogens with one attached hydrogen (secondary N) is 3. The third-order valence-corrected chi connectivity index (χ3v) is 9.29. The van der Waals surface area contributed by atoms with Crippen molar-refractivity contribution in [1.29, 1.82) is 0 Å². The molecule has 4 fully saturated rings. The van der Waals surface area contributed by atoms with Gasteiger partial charge < -0.3 is 31.3 Å². The van der Waals surface area contributed by atoms with Crippen LogP contribution < -0.4 is 21.7 Å². The fourth-order valence-electron chi connectivity index (χ4n) is 6.94. The number of alkyl halides is 5. The average molecular weight is 620 g/mol. The van der Waals surface area contributed by atoms with E-state index in [4.69, 9.17) is 10.5 Å². The van der Waals surface area contributed by atoms with E-state index >= 15 is 0 Å². The van der Waals surface area contributed by atoms with Crippen LogP contribution >= 0.6 is 0 Å². The third-order valence-electron chi connectivity index (χ3n) is 9.29. The van der Waals surface area contributed by atoms with Crippen LogP contribution in [0.25, 0.3) is 0 Å². The molecule has 43 heavy (non-hydrogen) atoms. The number of hydrogen-bond acceptors (Lipinski definition) is 6. The van der Waals surface area contributed by atoms with Gasteiger partial charge in [-0.05, 0) is 62.7 Å². The number of fused-ring (bicyclic) bond motifs is 5. The Kier molecular flexibility index (Phi) is 8.20. The number of rotatable bonds is 11. The van der Waals surface area contributed by atoms with E-state index in [1.807, 2.05) is 12.2 Å². The molecule has 0 aromatic carbocycles. The lowest BCUT2D eigenvalue weighted by atomic mass is 9.81. The monoisotopic (exact) mass is 619 g/mol. The minimum atomic E-state index is -6.21. The highest BCUT2D eigenvalue weighted by Gasteiger charge is 2.64. The van der Waals surface area contributed by atoms with Gasteiger partial charge in [0.15, 0.2) is 0 Å². The normalized spacial score (nSPS) is 31.8. The van der Waals surface area contributed by atoms with E-state index in [2.05, 4.69) is 10.6 Å². The van der Waals surface area contributed by atoms with Gasteiger partial charge in [-0.15, -0.1) is 0 Å². The zero-order valence-corrected chi connectivity index (χ0v) is 23.2. The first-order valence-corrected chi connectivity index (χ1v) is 14.4. The Morgan fingerprint density at radius 2 is 1.77 bits per heavy atom. The highest BCUT2D eigenvalue weighted by atomic mass is 19.4. The molecule has 11 nitrogen and oxygen atoms in total. The number of carbonyl (C=O) groups excluding carboxylic acids is 5. The number of likely N-dealkylation sites (tertiary alicyclic amines) is 1. The predicted molar refractivity (Wildman–Crippen MR) is 137 cm³/mol. The Bertz CT molecular complexity index is 1210. The lowest BCUT2D eigenvalue weighted by Crippen LogP contribution is -2.62. The fraction of sp³-hybridized carbons (Fsp3) is 0.741. The maximum Gasteiger partial charge on any atom is 0.463 e. The smallest absolute Gasteiger partial charge is 0.373 e. The highest BCUT2D eigenvalue weighted by Crippen LogP contribution is 2.54. The fourth-order valence-corrected chi connectivity index (χ4v) is 6.94. The zero-order valence-electron chi connectivity index (χ0n) is 23.2. The molecule has 5 amide bonds. The van der Waals surface area contributed by atoms with E-state index in [9.17, 15) is 45.9 Å². The van der Waals surface area contributed by atoms with Crippen LogP contribution in [-0.4, -0.2) is 90.0 Å². The van der Waals surface area contributed by atoms with Crippen LogP contribution in [0.4, 0.5) is 22.0 Å². The molecule has 2 bridgehead atoms. The molecule has 0 spiro atoms. The van der Waals surface area contributed by atoms with Gasteiger partial charge in [0, 0.05) is 19.0 Å². The number of carbonyl (C=O) groups is 5. The van der Waals surface area contributed by atoms with E-state index in [0.29, 0.717) is 32.2 Å². The van der Waals surface area contributed by atoms with Gasteiger partial charge >= 0.3 is 18.0 Å². The van der Waals surface area contributed by atoms with Gasteiger partial charge in [0.25, 0.3) is 0 Å². The first-order valence-electron chi connectivity index (χ1n) is 14.4. The van der Waals surface area contributed by atoms with Crippen LogP contribution in [0.2, 0.25) is 0 Å². The van der Waals surface area contributed by atoms with Crippen LogP contribution in [0, 0.1) is 29.6 Å². The molecule has 0 aromatic rings. The van der Waals surface area contributed by atoms with E-state index in [1.165, 1.54) is 6.92 Å². The van der Waals surface area contributed by atoms with Crippen molar-refractivity contribution >= 4 is 29.5 Å². The van der Waals surface area contributed by atoms with E-state index in [0.717, 1.165) is 4.90 Å². The standard InChI is InChI=1S/C27H34F5N5O6/c1-11(43-15-4-5-15)19(36-25(42)26(28,29)27(30,31)32)24(41)37-10-16-12-2-3-13(8-12)18(16)20(37)23(40)35-17(21(33)38)9-14-6-7-34-22(14)39/h2-3,11-20H,4-10H2,1H3,(H2,33,38)(H,34,39)(H,35,40)(H,36,42)/t11-,12-,13+,14+,16-,17+,18+,19+,20+/m1/s1. The van der Waals surface area contributed by atoms with Crippen LogP contribution in [0.15, 0.2) is 12.2 Å². The lowest BCUT2D eigenvalue weighted by molar-refractivity contribution is -0.270. The zero-order chi connectivity index (χ0) is 31.4. The van der Waals surface area contributed by atoms with Crippen molar-refractivity contribution in [3.8, 4) is 0 Å². The summed E-state index contributed by atoms with van der Waals surface area (Å²) in [7, 11) is 0. The second-order valence-corrected chi connectivity index (χ2v) is 12.2. The minimum absolute atomic E-state index is 0.0000339. The molecule has 2 saturated carbocycles. The quantitative estimate of drug-likeness (QED) is 0.193. The van der Waals surface area contributed by atoms with Gasteiger partial charge in [-0.3, -0.25) is 24.0 Å². The molecular formula is C27H34F5N5O6. The number of nitrogens with zero attached hydrogens (tertiary/aromatic N) is 1. The molecule has 3 aliphatic carbocycles. The summed E-state index contributed by atoms with van der Waals surface area (Å²) in [6.45, 7) is 1.64. The Balaban J connectivity index is 1.41. The SMILES string of the molecule is C[C@@H](OC1CC1)[C@H](NC(=O)C(F)(F)C(F)(F)F)C(=O)N1C[C@H]2[C@@H]([C@H]1C(=O)N[C@@H](C[C@@H]1CCNC1=O)C(N)=O)[C@H]1C=C[C@@H]2C1. The summed E-state index contributed by atoms with van der Waals surface area (Å²) in [4.78, 5) is 65.4. The molecule has 0 aromatic heterocycles. The number of amides is 5. The summed E-state index contributed by atoms with van der Waals surface area (Å²) in [6, 6.07) is -4.47. The largest absolute Gasteiger partial charge is 0.463 e. The molecule has 2 aliphatic heterocycles. The summed E-state index contributed by atoms with van der Waals surface area (Å²) in [5.41, 5.74) is 5.54. The summed E-state index contributed by atoms with van der Waals surface area (Å²) >= 11 is 0. The number of ether oxygens (including phenoxy) is 1. The Labute approximate surface area is 243 Å². The van der Waals surface area contributed by atoms with Gasteiger partial charge in [-0.1, -0.05) is 12.2 Å². The predicted octanol–water partition coefficient (Wildman–Crippen LogP) is 0.382. The van der Waals surface area contributed by atoms with Crippen molar-refractivity contribution in [1.82, 2.24) is 20.9 Å². The average Bonchev–Trinajstić information content (AvgIpc) is 3.27. The first kappa shape index (κ1) is 31.1. The second-order valence-electron chi connectivity index (χ2n) is 12.2. The molecule has 5 N–H and O–H groups in total. The maximum atomic E-state index is 14.0. The number of halogens is 5.